The summed E-state index contributed by atoms with van der Waals surface area (Å²) in [4.78, 5) is 35.1. The fourth-order valence-electron chi connectivity index (χ4n) is 3.57. The molecule has 0 N–H and O–H groups in total. The number of allylic oxidation sites excluding steroid dienone is 1. The first-order valence-electron chi connectivity index (χ1n) is 10.3. The Labute approximate surface area is 186 Å². The van der Waals surface area contributed by atoms with Gasteiger partial charge in [-0.15, -0.1) is 11.8 Å². The van der Waals surface area contributed by atoms with E-state index in [0.717, 1.165) is 42.8 Å². The summed E-state index contributed by atoms with van der Waals surface area (Å²) in [5.74, 6) is -0.0918. The minimum atomic E-state index is -0.113. The molecule has 0 unspecified atom stereocenters. The van der Waals surface area contributed by atoms with Crippen molar-refractivity contribution < 1.29 is 9.59 Å². The first-order chi connectivity index (χ1) is 15.0. The maximum absolute atomic E-state index is 12.6. The maximum atomic E-state index is 12.6. The third-order valence-electron chi connectivity index (χ3n) is 5.53. The fourth-order valence-corrected chi connectivity index (χ4v) is 4.01. The van der Waals surface area contributed by atoms with Gasteiger partial charge < -0.3 is 9.80 Å². The molecule has 4 rings (SSSR count). The van der Waals surface area contributed by atoms with Gasteiger partial charge in [0.2, 0.25) is 0 Å². The summed E-state index contributed by atoms with van der Waals surface area (Å²) in [5.41, 5.74) is 2.81. The van der Waals surface area contributed by atoms with E-state index in [1.807, 2.05) is 35.4 Å². The summed E-state index contributed by atoms with van der Waals surface area (Å²) in [6.45, 7) is 3.23. The van der Waals surface area contributed by atoms with Gasteiger partial charge in [-0.25, -0.2) is 4.98 Å². The largest absolute Gasteiger partial charge is 0.336 e. The van der Waals surface area contributed by atoms with Crippen LogP contribution < -0.4 is 0 Å². The first-order valence-corrected chi connectivity index (χ1v) is 11.5. The monoisotopic (exact) mass is 431 g/mol. The van der Waals surface area contributed by atoms with Crippen LogP contribution in [0.3, 0.4) is 0 Å². The van der Waals surface area contributed by atoms with Crippen molar-refractivity contribution in [1.29, 1.82) is 0 Å². The quantitative estimate of drug-likeness (QED) is 0.344. The van der Waals surface area contributed by atoms with E-state index in [2.05, 4.69) is 23.0 Å². The Bertz CT molecular complexity index is 1130. The molecule has 1 saturated heterocycles. The molecule has 158 valence electrons. The Morgan fingerprint density at radius 1 is 0.935 bits per heavy atom. The molecule has 1 aliphatic heterocycles. The van der Waals surface area contributed by atoms with Gasteiger partial charge in [0, 0.05) is 47.6 Å². The summed E-state index contributed by atoms with van der Waals surface area (Å²) in [7, 11) is 2.06. The Hall–Kier alpha value is -2.96. The van der Waals surface area contributed by atoms with Gasteiger partial charge in [-0.3, -0.25) is 9.59 Å². The first kappa shape index (κ1) is 21.3. The molecule has 1 amide bonds. The van der Waals surface area contributed by atoms with Gasteiger partial charge in [-0.05, 0) is 61.9 Å². The second-order valence-corrected chi connectivity index (χ2v) is 8.54. The molecule has 1 aliphatic rings. The van der Waals surface area contributed by atoms with E-state index in [-0.39, 0.29) is 11.7 Å². The summed E-state index contributed by atoms with van der Waals surface area (Å²) in [6, 6.07) is 17.0. The van der Waals surface area contributed by atoms with Crippen LogP contribution in [0.25, 0.3) is 17.0 Å². The lowest BCUT2D eigenvalue weighted by atomic mass is 10.1. The Morgan fingerprint density at radius 2 is 1.65 bits per heavy atom. The molecule has 3 aromatic rings. The number of piperazine rings is 1. The zero-order chi connectivity index (χ0) is 21.8. The molecule has 0 saturated carbocycles. The van der Waals surface area contributed by atoms with Crippen LogP contribution in [0.5, 0.6) is 0 Å². The van der Waals surface area contributed by atoms with E-state index >= 15 is 0 Å². The van der Waals surface area contributed by atoms with Crippen molar-refractivity contribution in [3.63, 3.8) is 0 Å². The van der Waals surface area contributed by atoms with Crippen LogP contribution in [0, 0.1) is 0 Å². The Balaban J connectivity index is 1.43. The minimum absolute atomic E-state index is 0.0210. The number of fused-ring (bicyclic) bond motifs is 1. The van der Waals surface area contributed by atoms with Gasteiger partial charge in [0.1, 0.15) is 0 Å². The molecule has 5 nitrogen and oxygen atoms in total. The number of thioether (sulfide) groups is 1. The maximum Gasteiger partial charge on any atom is 0.253 e. The molecule has 0 spiro atoms. The van der Waals surface area contributed by atoms with Crippen molar-refractivity contribution in [1.82, 2.24) is 14.8 Å². The molecule has 0 bridgehead atoms. The third kappa shape index (κ3) is 5.03. The molecular formula is C25H25N3O2S. The predicted octanol–water partition coefficient (Wildman–Crippen LogP) is 4.24. The van der Waals surface area contributed by atoms with Crippen LogP contribution in [-0.2, 0) is 0 Å². The lowest BCUT2D eigenvalue weighted by molar-refractivity contribution is 0.0664. The van der Waals surface area contributed by atoms with E-state index in [4.69, 9.17) is 0 Å². The van der Waals surface area contributed by atoms with Crippen LogP contribution in [0.1, 0.15) is 26.4 Å². The normalized spacial score (nSPS) is 15.0. The highest BCUT2D eigenvalue weighted by atomic mass is 32.2. The molecular weight excluding hydrogens is 406 g/mol. The van der Waals surface area contributed by atoms with Crippen molar-refractivity contribution in [2.45, 2.75) is 4.90 Å². The predicted molar refractivity (Wildman–Crippen MR) is 127 cm³/mol. The number of amides is 1. The Kier molecular flexibility index (Phi) is 6.49. The number of hydrogen-bond donors (Lipinski definition) is 0. The molecule has 6 heteroatoms. The smallest absolute Gasteiger partial charge is 0.253 e. The van der Waals surface area contributed by atoms with Crippen molar-refractivity contribution in [3.8, 4) is 0 Å². The van der Waals surface area contributed by atoms with Crippen LogP contribution in [0.15, 0.2) is 65.6 Å². The van der Waals surface area contributed by atoms with Crippen molar-refractivity contribution in [3.05, 3.63) is 77.5 Å². The number of rotatable bonds is 5. The zero-order valence-electron chi connectivity index (χ0n) is 17.7. The number of hydrogen-bond acceptors (Lipinski definition) is 5. The molecule has 0 radical (unpaired) electrons. The van der Waals surface area contributed by atoms with Crippen LogP contribution in [0.4, 0.5) is 0 Å². The van der Waals surface area contributed by atoms with E-state index in [1.54, 1.807) is 42.1 Å². The fraction of sp³-hybridized carbons (Fsp3) is 0.240. The molecule has 0 aliphatic carbocycles. The lowest BCUT2D eigenvalue weighted by Crippen LogP contribution is -2.47. The zero-order valence-corrected chi connectivity index (χ0v) is 18.6. The number of pyridine rings is 1. The molecule has 2 aromatic carbocycles. The average molecular weight is 432 g/mol. The number of nitrogens with zero attached hydrogens (tertiary/aromatic N) is 3. The highest BCUT2D eigenvalue weighted by Gasteiger charge is 2.20. The number of carbonyl (C=O) groups excluding carboxylic acids is 2. The highest BCUT2D eigenvalue weighted by molar-refractivity contribution is 7.98. The number of ketones is 1. The topological polar surface area (TPSA) is 53.5 Å². The second kappa shape index (κ2) is 9.45. The van der Waals surface area contributed by atoms with Crippen molar-refractivity contribution >= 4 is 40.4 Å². The molecule has 0 atom stereocenters. The van der Waals surface area contributed by atoms with E-state index in [0.29, 0.717) is 11.1 Å². The number of likely N-dealkylation sites (N-methyl/N-ethyl adjacent to an activating group) is 1. The summed E-state index contributed by atoms with van der Waals surface area (Å²) >= 11 is 1.70. The van der Waals surface area contributed by atoms with Crippen LogP contribution in [-0.4, -0.2) is 66.0 Å². The van der Waals surface area contributed by atoms with Crippen molar-refractivity contribution in [2.24, 2.45) is 0 Å². The van der Waals surface area contributed by atoms with Gasteiger partial charge in [-0.1, -0.05) is 18.2 Å². The van der Waals surface area contributed by atoms with Gasteiger partial charge in [0.25, 0.3) is 5.91 Å². The van der Waals surface area contributed by atoms with Gasteiger partial charge >= 0.3 is 0 Å². The van der Waals surface area contributed by atoms with E-state index in [1.165, 1.54) is 11.0 Å². The summed E-state index contributed by atoms with van der Waals surface area (Å²) < 4.78 is 0. The highest BCUT2D eigenvalue weighted by Crippen LogP contribution is 2.21. The Morgan fingerprint density at radius 3 is 2.35 bits per heavy atom. The summed E-state index contributed by atoms with van der Waals surface area (Å²) in [5, 5.41) is 1.08. The lowest BCUT2D eigenvalue weighted by Gasteiger charge is -2.32. The SMILES string of the molecule is CSc1ccc2nc(/C=C/C(=O)c3ccc(C(=O)N4CCN(C)CC4)cc3)ccc2c1. The molecule has 31 heavy (non-hydrogen) atoms. The van der Waals surface area contributed by atoms with Gasteiger partial charge in [0.15, 0.2) is 5.78 Å². The number of benzene rings is 2. The number of carbonyl (C=O) groups is 2. The van der Waals surface area contributed by atoms with E-state index < -0.39 is 0 Å². The molecule has 2 heterocycles. The van der Waals surface area contributed by atoms with E-state index in [9.17, 15) is 9.59 Å². The van der Waals surface area contributed by atoms with Crippen LogP contribution >= 0.6 is 11.8 Å². The molecule has 1 fully saturated rings. The number of aromatic nitrogens is 1. The standard InChI is InChI=1S/C25H25N3O2S/c1-27-13-15-28(16-14-27)25(30)19-5-3-18(4-6-19)24(29)12-9-21-8-7-20-17-22(31-2)10-11-23(20)26-21/h3-12,17H,13-16H2,1-2H3/b12-9+. The van der Waals surface area contributed by atoms with Crippen LogP contribution in [0.2, 0.25) is 0 Å². The third-order valence-corrected chi connectivity index (χ3v) is 6.26. The minimum Gasteiger partial charge on any atom is -0.336 e. The van der Waals surface area contributed by atoms with Crippen molar-refractivity contribution in [2.75, 3.05) is 39.5 Å². The average Bonchev–Trinajstić information content (AvgIpc) is 2.82. The van der Waals surface area contributed by atoms with Gasteiger partial charge in [0.05, 0.1) is 11.2 Å². The molecule has 1 aromatic heterocycles. The van der Waals surface area contributed by atoms with Gasteiger partial charge in [-0.2, -0.15) is 0 Å². The summed E-state index contributed by atoms with van der Waals surface area (Å²) in [6.07, 6.45) is 5.31. The second-order valence-electron chi connectivity index (χ2n) is 7.67.